The Kier molecular flexibility index (Phi) is 4.01. The van der Waals surface area contributed by atoms with E-state index >= 15 is 0 Å². The monoisotopic (exact) mass is 311 g/mol. The first-order valence-corrected chi connectivity index (χ1v) is 6.83. The Bertz CT molecular complexity index is 920. The summed E-state index contributed by atoms with van der Waals surface area (Å²) in [6.07, 6.45) is 0. The van der Waals surface area contributed by atoms with Gasteiger partial charge in [0.1, 0.15) is 11.3 Å². The summed E-state index contributed by atoms with van der Waals surface area (Å²) >= 11 is 0. The van der Waals surface area contributed by atoms with E-state index < -0.39 is 5.97 Å². The highest BCUT2D eigenvalue weighted by Crippen LogP contribution is 2.14. The third-order valence-corrected chi connectivity index (χ3v) is 3.24. The van der Waals surface area contributed by atoms with Crippen LogP contribution in [-0.4, -0.2) is 28.1 Å². The van der Waals surface area contributed by atoms with E-state index in [-0.39, 0.29) is 12.3 Å². The molecular weight excluding hydrogens is 298 g/mol. The van der Waals surface area contributed by atoms with Gasteiger partial charge in [-0.25, -0.2) is 4.79 Å². The molecule has 0 aliphatic rings. The fourth-order valence-electron chi connectivity index (χ4n) is 2.07. The van der Waals surface area contributed by atoms with E-state index in [1.54, 1.807) is 42.5 Å². The number of hydrogen-bond acceptors (Lipinski definition) is 6. The van der Waals surface area contributed by atoms with Gasteiger partial charge in [-0.1, -0.05) is 23.4 Å². The van der Waals surface area contributed by atoms with Gasteiger partial charge in [0, 0.05) is 0 Å². The van der Waals surface area contributed by atoms with Crippen LogP contribution < -0.4 is 10.3 Å². The van der Waals surface area contributed by atoms with Crippen LogP contribution in [0.3, 0.4) is 0 Å². The van der Waals surface area contributed by atoms with Crippen molar-refractivity contribution >= 4 is 16.9 Å². The smallest absolute Gasteiger partial charge is 0.337 e. The van der Waals surface area contributed by atoms with Crippen molar-refractivity contribution in [2.45, 2.75) is 6.73 Å². The van der Waals surface area contributed by atoms with E-state index in [9.17, 15) is 9.59 Å². The van der Waals surface area contributed by atoms with Crippen molar-refractivity contribution in [3.05, 3.63) is 64.4 Å². The molecule has 0 aliphatic heterocycles. The van der Waals surface area contributed by atoms with E-state index in [1.807, 2.05) is 0 Å². The third-order valence-electron chi connectivity index (χ3n) is 3.24. The standard InChI is InChI=1S/C16H13N3O4/c1-22-16(21)11-5-4-6-12(9-11)23-10-19-15(20)13-7-2-3-8-14(13)17-18-19/h2-9H,10H2,1H3. The van der Waals surface area contributed by atoms with Gasteiger partial charge < -0.3 is 9.47 Å². The van der Waals surface area contributed by atoms with Crippen molar-refractivity contribution in [2.75, 3.05) is 7.11 Å². The second-order valence-electron chi connectivity index (χ2n) is 4.70. The second-order valence-corrected chi connectivity index (χ2v) is 4.70. The number of ether oxygens (including phenoxy) is 2. The molecule has 7 heteroatoms. The van der Waals surface area contributed by atoms with E-state index in [0.29, 0.717) is 22.2 Å². The van der Waals surface area contributed by atoms with E-state index in [0.717, 1.165) is 4.68 Å². The van der Waals surface area contributed by atoms with Crippen LogP contribution >= 0.6 is 0 Å². The lowest BCUT2D eigenvalue weighted by Gasteiger charge is -2.08. The van der Waals surface area contributed by atoms with E-state index in [4.69, 9.17) is 4.74 Å². The number of benzene rings is 2. The third kappa shape index (κ3) is 3.03. The Morgan fingerprint density at radius 3 is 2.83 bits per heavy atom. The van der Waals surface area contributed by atoms with E-state index in [2.05, 4.69) is 15.0 Å². The van der Waals surface area contributed by atoms with Crippen molar-refractivity contribution in [1.82, 2.24) is 15.0 Å². The van der Waals surface area contributed by atoms with Crippen molar-refractivity contribution in [1.29, 1.82) is 0 Å². The molecule has 7 nitrogen and oxygen atoms in total. The molecule has 0 bridgehead atoms. The second kappa shape index (κ2) is 6.27. The largest absolute Gasteiger partial charge is 0.471 e. The molecule has 0 radical (unpaired) electrons. The lowest BCUT2D eigenvalue weighted by molar-refractivity contribution is 0.0600. The Hall–Kier alpha value is -3.22. The minimum absolute atomic E-state index is 0.110. The molecule has 0 spiro atoms. The maximum atomic E-state index is 12.3. The maximum absolute atomic E-state index is 12.3. The highest BCUT2D eigenvalue weighted by atomic mass is 16.5. The predicted molar refractivity (Wildman–Crippen MR) is 82.2 cm³/mol. The highest BCUT2D eigenvalue weighted by Gasteiger charge is 2.08. The zero-order chi connectivity index (χ0) is 16.2. The van der Waals surface area contributed by atoms with Gasteiger partial charge in [-0.2, -0.15) is 4.68 Å². The molecule has 23 heavy (non-hydrogen) atoms. The average Bonchev–Trinajstić information content (AvgIpc) is 2.61. The van der Waals surface area contributed by atoms with Crippen molar-refractivity contribution < 1.29 is 14.3 Å². The Morgan fingerprint density at radius 1 is 1.17 bits per heavy atom. The minimum atomic E-state index is -0.460. The molecule has 0 aliphatic carbocycles. The molecule has 0 N–H and O–H groups in total. The summed E-state index contributed by atoms with van der Waals surface area (Å²) in [5.41, 5.74) is 0.600. The highest BCUT2D eigenvalue weighted by molar-refractivity contribution is 5.89. The Morgan fingerprint density at radius 2 is 2.00 bits per heavy atom. The normalized spacial score (nSPS) is 10.5. The average molecular weight is 311 g/mol. The van der Waals surface area contributed by atoms with Crippen LogP contribution in [-0.2, 0) is 11.5 Å². The molecule has 116 valence electrons. The number of carbonyl (C=O) groups is 1. The number of carbonyl (C=O) groups excluding carboxylic acids is 1. The molecule has 0 saturated carbocycles. The van der Waals surface area contributed by atoms with Crippen LogP contribution in [0.2, 0.25) is 0 Å². The predicted octanol–water partition coefficient (Wildman–Crippen LogP) is 1.61. The van der Waals surface area contributed by atoms with Gasteiger partial charge in [0.25, 0.3) is 5.56 Å². The van der Waals surface area contributed by atoms with Crippen molar-refractivity contribution in [3.8, 4) is 5.75 Å². The summed E-state index contributed by atoms with van der Waals surface area (Å²) in [4.78, 5) is 23.8. The van der Waals surface area contributed by atoms with E-state index in [1.165, 1.54) is 13.2 Å². The zero-order valence-corrected chi connectivity index (χ0v) is 12.3. The van der Waals surface area contributed by atoms with Crippen LogP contribution in [0.15, 0.2) is 53.3 Å². The van der Waals surface area contributed by atoms with Gasteiger partial charge in [0.05, 0.1) is 18.1 Å². The molecule has 3 rings (SSSR count). The number of esters is 1. The number of hydrogen-bond donors (Lipinski definition) is 0. The lowest BCUT2D eigenvalue weighted by atomic mass is 10.2. The topological polar surface area (TPSA) is 83.3 Å². The number of methoxy groups -OCH3 is 1. The SMILES string of the molecule is COC(=O)c1cccc(OCn2nnc3ccccc3c2=O)c1. The fraction of sp³-hybridized carbons (Fsp3) is 0.125. The maximum Gasteiger partial charge on any atom is 0.337 e. The lowest BCUT2D eigenvalue weighted by Crippen LogP contribution is -2.26. The molecule has 0 fully saturated rings. The molecule has 1 heterocycles. The van der Waals surface area contributed by atoms with Gasteiger partial charge in [0.15, 0.2) is 6.73 Å². The first-order valence-electron chi connectivity index (χ1n) is 6.83. The molecule has 0 atom stereocenters. The van der Waals surface area contributed by atoms with Gasteiger partial charge in [0.2, 0.25) is 0 Å². The van der Waals surface area contributed by atoms with Crippen LogP contribution in [0.4, 0.5) is 0 Å². The number of fused-ring (bicyclic) bond motifs is 1. The molecule has 0 unspecified atom stereocenters. The molecule has 0 amide bonds. The van der Waals surface area contributed by atoms with Crippen LogP contribution in [0.25, 0.3) is 10.9 Å². The Balaban J connectivity index is 1.82. The molecular formula is C16H13N3O4. The van der Waals surface area contributed by atoms with Gasteiger partial charge >= 0.3 is 5.97 Å². The van der Waals surface area contributed by atoms with Crippen LogP contribution in [0, 0.1) is 0 Å². The number of nitrogens with zero attached hydrogens (tertiary/aromatic N) is 3. The first-order chi connectivity index (χ1) is 11.2. The fourth-order valence-corrected chi connectivity index (χ4v) is 2.07. The number of rotatable bonds is 4. The summed E-state index contributed by atoms with van der Waals surface area (Å²) in [5.74, 6) is -0.0344. The quantitative estimate of drug-likeness (QED) is 0.681. The van der Waals surface area contributed by atoms with Crippen molar-refractivity contribution in [3.63, 3.8) is 0 Å². The van der Waals surface area contributed by atoms with Crippen LogP contribution in [0.1, 0.15) is 10.4 Å². The summed E-state index contributed by atoms with van der Waals surface area (Å²) in [7, 11) is 1.31. The van der Waals surface area contributed by atoms with Crippen LogP contribution in [0.5, 0.6) is 5.75 Å². The van der Waals surface area contributed by atoms with Gasteiger partial charge in [-0.05, 0) is 30.3 Å². The zero-order valence-electron chi connectivity index (χ0n) is 12.3. The molecule has 0 saturated heterocycles. The minimum Gasteiger partial charge on any atom is -0.471 e. The summed E-state index contributed by atoms with van der Waals surface area (Å²) in [6, 6.07) is 13.4. The molecule has 1 aromatic heterocycles. The van der Waals surface area contributed by atoms with Crippen molar-refractivity contribution in [2.24, 2.45) is 0 Å². The molecule has 3 aromatic rings. The molecule has 2 aromatic carbocycles. The summed E-state index contributed by atoms with van der Waals surface area (Å²) < 4.78 is 11.3. The summed E-state index contributed by atoms with van der Waals surface area (Å²) in [5, 5.41) is 8.27. The Labute approximate surface area is 131 Å². The summed E-state index contributed by atoms with van der Waals surface area (Å²) in [6.45, 7) is -0.110. The number of aromatic nitrogens is 3. The van der Waals surface area contributed by atoms with Gasteiger partial charge in [-0.3, -0.25) is 4.79 Å². The van der Waals surface area contributed by atoms with Gasteiger partial charge in [-0.15, -0.1) is 5.10 Å². The first kappa shape index (κ1) is 14.7.